The average molecular weight is 146 g/mol. The molecule has 0 aliphatic rings. The molecule has 0 aromatic heterocycles. The lowest BCUT2D eigenvalue weighted by Gasteiger charge is -2.18. The molecule has 0 aliphatic carbocycles. The smallest absolute Gasteiger partial charge is 0.0700 e. The molecule has 3 atom stereocenters. The minimum absolute atomic E-state index is 0.0289. The van der Waals surface area contributed by atoms with E-state index in [1.165, 1.54) is 0 Å². The van der Waals surface area contributed by atoms with Crippen LogP contribution in [-0.4, -0.2) is 24.8 Å². The maximum Gasteiger partial charge on any atom is 0.0700 e. The van der Waals surface area contributed by atoms with Gasteiger partial charge in [-0.25, -0.2) is 0 Å². The lowest BCUT2D eigenvalue weighted by atomic mass is 10.2. The highest BCUT2D eigenvalue weighted by Crippen LogP contribution is 1.79. The summed E-state index contributed by atoms with van der Waals surface area (Å²) < 4.78 is 0. The normalized spacial score (nSPS) is 20.1. The van der Waals surface area contributed by atoms with Crippen LogP contribution in [0.4, 0.5) is 0 Å². The third-order valence-corrected chi connectivity index (χ3v) is 1.24. The molecule has 0 aromatic carbocycles. The fourth-order valence-electron chi connectivity index (χ4n) is 0.508. The molecule has 0 saturated heterocycles. The van der Waals surface area contributed by atoms with E-state index in [1.54, 1.807) is 0 Å². The van der Waals surface area contributed by atoms with E-state index in [1.807, 2.05) is 13.8 Å². The summed E-state index contributed by atoms with van der Waals surface area (Å²) in [5.74, 6) is 0. The molecule has 0 bridgehead atoms. The fraction of sp³-hybridized carbons (Fsp3) is 1.00. The van der Waals surface area contributed by atoms with E-state index in [0.29, 0.717) is 6.54 Å². The van der Waals surface area contributed by atoms with Crippen LogP contribution in [0.25, 0.3) is 0 Å². The van der Waals surface area contributed by atoms with E-state index in [-0.39, 0.29) is 18.2 Å². The Morgan fingerprint density at radius 3 is 2.00 bits per heavy atom. The molecule has 0 rings (SSSR count). The first-order valence-corrected chi connectivity index (χ1v) is 3.54. The molecule has 10 heavy (non-hydrogen) atoms. The predicted molar refractivity (Wildman–Crippen MR) is 43.3 cm³/mol. The van der Waals surface area contributed by atoms with E-state index >= 15 is 0 Å². The SMILES string of the molecule is CC(N)CNC(N)C(C)N. The van der Waals surface area contributed by atoms with Crippen LogP contribution in [0.2, 0.25) is 0 Å². The van der Waals surface area contributed by atoms with Crippen molar-refractivity contribution in [3.8, 4) is 0 Å². The van der Waals surface area contributed by atoms with Crippen LogP contribution in [-0.2, 0) is 0 Å². The Hall–Kier alpha value is -0.160. The molecule has 4 nitrogen and oxygen atoms in total. The van der Waals surface area contributed by atoms with Crippen molar-refractivity contribution in [3.05, 3.63) is 0 Å². The standard InChI is InChI=1S/C6H18N4/c1-4(7)3-10-6(9)5(2)8/h4-6,10H,3,7-9H2,1-2H3. The van der Waals surface area contributed by atoms with Crippen molar-refractivity contribution >= 4 is 0 Å². The zero-order chi connectivity index (χ0) is 8.15. The van der Waals surface area contributed by atoms with Crippen LogP contribution in [0, 0.1) is 0 Å². The molecule has 0 saturated carbocycles. The Bertz CT molecular complexity index is 81.8. The first-order valence-electron chi connectivity index (χ1n) is 3.54. The summed E-state index contributed by atoms with van der Waals surface area (Å²) >= 11 is 0. The monoisotopic (exact) mass is 146 g/mol. The Morgan fingerprint density at radius 2 is 1.70 bits per heavy atom. The van der Waals surface area contributed by atoms with Gasteiger partial charge in [0.05, 0.1) is 6.17 Å². The maximum absolute atomic E-state index is 5.57. The van der Waals surface area contributed by atoms with Crippen molar-refractivity contribution in [2.24, 2.45) is 17.2 Å². The summed E-state index contributed by atoms with van der Waals surface area (Å²) in [6.45, 7) is 4.49. The van der Waals surface area contributed by atoms with Gasteiger partial charge in [-0.15, -0.1) is 0 Å². The van der Waals surface area contributed by atoms with Gasteiger partial charge in [0, 0.05) is 18.6 Å². The van der Waals surface area contributed by atoms with Gasteiger partial charge in [-0.05, 0) is 13.8 Å². The van der Waals surface area contributed by atoms with Gasteiger partial charge in [-0.3, -0.25) is 5.32 Å². The number of nitrogens with one attached hydrogen (secondary N) is 1. The van der Waals surface area contributed by atoms with Gasteiger partial charge in [0.15, 0.2) is 0 Å². The highest BCUT2D eigenvalue weighted by Gasteiger charge is 2.06. The van der Waals surface area contributed by atoms with Gasteiger partial charge in [-0.1, -0.05) is 0 Å². The molecule has 0 aromatic rings. The highest BCUT2D eigenvalue weighted by atomic mass is 15.1. The van der Waals surface area contributed by atoms with Gasteiger partial charge in [0.2, 0.25) is 0 Å². The largest absolute Gasteiger partial charge is 0.327 e. The van der Waals surface area contributed by atoms with Crippen molar-refractivity contribution in [3.63, 3.8) is 0 Å². The van der Waals surface area contributed by atoms with Gasteiger partial charge in [0.1, 0.15) is 0 Å². The fourth-order valence-corrected chi connectivity index (χ4v) is 0.508. The van der Waals surface area contributed by atoms with Crippen LogP contribution in [0.3, 0.4) is 0 Å². The molecule has 0 aliphatic heterocycles. The van der Waals surface area contributed by atoms with Gasteiger partial charge >= 0.3 is 0 Å². The van der Waals surface area contributed by atoms with Crippen LogP contribution < -0.4 is 22.5 Å². The van der Waals surface area contributed by atoms with E-state index in [2.05, 4.69) is 5.32 Å². The minimum atomic E-state index is -0.147. The van der Waals surface area contributed by atoms with E-state index in [4.69, 9.17) is 17.2 Å². The van der Waals surface area contributed by atoms with Gasteiger partial charge < -0.3 is 17.2 Å². The molecule has 3 unspecified atom stereocenters. The first kappa shape index (κ1) is 9.84. The second-order valence-electron chi connectivity index (χ2n) is 2.77. The molecule has 0 amide bonds. The predicted octanol–water partition coefficient (Wildman–Crippen LogP) is -1.44. The summed E-state index contributed by atoms with van der Waals surface area (Å²) in [6, 6.07) is 0.101. The third-order valence-electron chi connectivity index (χ3n) is 1.24. The number of nitrogens with two attached hydrogens (primary N) is 3. The number of rotatable bonds is 4. The Morgan fingerprint density at radius 1 is 1.20 bits per heavy atom. The van der Waals surface area contributed by atoms with Crippen LogP contribution >= 0.6 is 0 Å². The van der Waals surface area contributed by atoms with Gasteiger partial charge in [-0.2, -0.15) is 0 Å². The Labute approximate surface area is 62.1 Å². The molecular weight excluding hydrogens is 128 g/mol. The molecule has 0 spiro atoms. The van der Waals surface area contributed by atoms with Crippen LogP contribution in [0.15, 0.2) is 0 Å². The molecule has 7 N–H and O–H groups in total. The molecule has 62 valence electrons. The lowest BCUT2D eigenvalue weighted by Crippen LogP contribution is -2.52. The molecule has 0 heterocycles. The number of hydrogen-bond acceptors (Lipinski definition) is 4. The summed E-state index contributed by atoms with van der Waals surface area (Å²) in [7, 11) is 0. The highest BCUT2D eigenvalue weighted by molar-refractivity contribution is 4.70. The molecule has 0 radical (unpaired) electrons. The summed E-state index contributed by atoms with van der Waals surface area (Å²) in [5.41, 5.74) is 16.5. The second-order valence-corrected chi connectivity index (χ2v) is 2.77. The first-order chi connectivity index (χ1) is 4.54. The Balaban J connectivity index is 3.30. The Kier molecular flexibility index (Phi) is 4.55. The van der Waals surface area contributed by atoms with Crippen molar-refractivity contribution in [2.75, 3.05) is 6.54 Å². The maximum atomic E-state index is 5.57. The van der Waals surface area contributed by atoms with Crippen molar-refractivity contribution in [1.29, 1.82) is 0 Å². The number of hydrogen-bond donors (Lipinski definition) is 4. The second kappa shape index (κ2) is 4.62. The van der Waals surface area contributed by atoms with Gasteiger partial charge in [0.25, 0.3) is 0 Å². The zero-order valence-electron chi connectivity index (χ0n) is 6.67. The minimum Gasteiger partial charge on any atom is -0.327 e. The van der Waals surface area contributed by atoms with Crippen molar-refractivity contribution in [2.45, 2.75) is 32.1 Å². The molecule has 4 heteroatoms. The van der Waals surface area contributed by atoms with Crippen molar-refractivity contribution < 1.29 is 0 Å². The quantitative estimate of drug-likeness (QED) is 0.365. The lowest BCUT2D eigenvalue weighted by molar-refractivity contribution is 0.445. The van der Waals surface area contributed by atoms with E-state index in [9.17, 15) is 0 Å². The van der Waals surface area contributed by atoms with E-state index < -0.39 is 0 Å². The molecular formula is C6H18N4. The molecule has 0 fully saturated rings. The van der Waals surface area contributed by atoms with E-state index in [0.717, 1.165) is 0 Å². The average Bonchev–Trinajstić information content (AvgIpc) is 1.82. The summed E-state index contributed by atoms with van der Waals surface area (Å²) in [6.07, 6.45) is -0.147. The van der Waals surface area contributed by atoms with Crippen LogP contribution in [0.1, 0.15) is 13.8 Å². The van der Waals surface area contributed by atoms with Crippen molar-refractivity contribution in [1.82, 2.24) is 5.32 Å². The topological polar surface area (TPSA) is 90.1 Å². The summed E-state index contributed by atoms with van der Waals surface area (Å²) in [5, 5.41) is 3.01. The zero-order valence-corrected chi connectivity index (χ0v) is 6.67. The van der Waals surface area contributed by atoms with Crippen LogP contribution in [0.5, 0.6) is 0 Å². The third kappa shape index (κ3) is 4.69. The summed E-state index contributed by atoms with van der Waals surface area (Å²) in [4.78, 5) is 0.